The molecule has 0 saturated carbocycles. The minimum Gasteiger partial charge on any atom is -0.467 e. The summed E-state index contributed by atoms with van der Waals surface area (Å²) in [5, 5.41) is 6.95. The van der Waals surface area contributed by atoms with E-state index in [0.29, 0.717) is 18.0 Å². The molecule has 152 valence electrons. The van der Waals surface area contributed by atoms with Gasteiger partial charge in [0.05, 0.1) is 13.3 Å². The van der Waals surface area contributed by atoms with Gasteiger partial charge in [0.15, 0.2) is 5.82 Å². The first kappa shape index (κ1) is 20.7. The second-order valence-electron chi connectivity index (χ2n) is 6.17. The van der Waals surface area contributed by atoms with Crippen molar-refractivity contribution in [3.05, 3.63) is 66.4 Å². The number of nitrogens with one attached hydrogen (secondary N) is 1. The van der Waals surface area contributed by atoms with Crippen LogP contribution in [0.25, 0.3) is 11.5 Å². The summed E-state index contributed by atoms with van der Waals surface area (Å²) in [6, 6.07) is 8.96. The third-order valence-corrected chi connectivity index (χ3v) is 4.96. The van der Waals surface area contributed by atoms with Gasteiger partial charge in [-0.3, -0.25) is 4.79 Å². The van der Waals surface area contributed by atoms with E-state index in [0.717, 1.165) is 0 Å². The van der Waals surface area contributed by atoms with Crippen LogP contribution in [0.1, 0.15) is 16.8 Å². The Morgan fingerprint density at radius 1 is 1.24 bits per heavy atom. The van der Waals surface area contributed by atoms with Crippen LogP contribution in [-0.4, -0.2) is 51.4 Å². The molecule has 0 bridgehead atoms. The van der Waals surface area contributed by atoms with Gasteiger partial charge in [0.2, 0.25) is 0 Å². The molecule has 0 aliphatic heterocycles. The molecule has 2 heterocycles. The second kappa shape index (κ2) is 9.42. The Hall–Kier alpha value is -3.07. The fraction of sp³-hybridized carbons (Fsp3) is 0.250. The number of aromatic nitrogens is 3. The molecule has 2 aromatic heterocycles. The molecule has 0 radical (unpaired) electrons. The van der Waals surface area contributed by atoms with Crippen LogP contribution in [0.15, 0.2) is 55.0 Å². The molecular weight excluding hydrogens is 395 g/mol. The van der Waals surface area contributed by atoms with Gasteiger partial charge in [0.1, 0.15) is 23.1 Å². The van der Waals surface area contributed by atoms with Gasteiger partial charge in [-0.2, -0.15) is 16.9 Å². The van der Waals surface area contributed by atoms with Gasteiger partial charge in [-0.25, -0.2) is 13.9 Å². The van der Waals surface area contributed by atoms with Crippen LogP contribution in [0.3, 0.4) is 0 Å². The summed E-state index contributed by atoms with van der Waals surface area (Å²) < 4.78 is 22.2. The van der Waals surface area contributed by atoms with E-state index in [1.54, 1.807) is 59.1 Å². The Morgan fingerprint density at radius 2 is 1.97 bits per heavy atom. The first-order valence-electron chi connectivity index (χ1n) is 8.90. The van der Waals surface area contributed by atoms with Gasteiger partial charge in [-0.15, -0.1) is 0 Å². The Bertz CT molecular complexity index is 988. The number of methoxy groups -OCH3 is 1. The molecule has 0 saturated heterocycles. The molecule has 0 aliphatic carbocycles. The van der Waals surface area contributed by atoms with E-state index in [2.05, 4.69) is 10.4 Å². The average Bonchev–Trinajstić information content (AvgIpc) is 3.40. The first-order chi connectivity index (χ1) is 14.1. The van der Waals surface area contributed by atoms with Crippen LogP contribution in [0.2, 0.25) is 0 Å². The van der Waals surface area contributed by atoms with E-state index in [1.165, 1.54) is 24.1 Å². The third kappa shape index (κ3) is 4.51. The van der Waals surface area contributed by atoms with Crippen molar-refractivity contribution in [3.63, 3.8) is 0 Å². The Kier molecular flexibility index (Phi) is 6.71. The average molecular weight is 416 g/mol. The van der Waals surface area contributed by atoms with Crippen molar-refractivity contribution in [3.8, 4) is 11.5 Å². The number of halogens is 1. The normalized spacial score (nSPS) is 11.8. The standard InChI is InChI=1S/C20H21FN4O3S/c1-28-20(27)16(9-12-29-2)23-18(26)14-13-22-25(17-8-4-3-7-15(17)21)19(14)24-10-5-6-11-24/h3-8,10-11,13,16H,9,12H2,1-2H3,(H,23,26)/t16-/m0/s1. The highest BCUT2D eigenvalue weighted by atomic mass is 32.2. The van der Waals surface area contributed by atoms with Crippen LogP contribution >= 0.6 is 11.8 Å². The van der Waals surface area contributed by atoms with E-state index >= 15 is 0 Å². The summed E-state index contributed by atoms with van der Waals surface area (Å²) in [5.41, 5.74) is 0.421. The highest BCUT2D eigenvalue weighted by Crippen LogP contribution is 2.22. The van der Waals surface area contributed by atoms with Crippen LogP contribution < -0.4 is 5.32 Å². The second-order valence-corrected chi connectivity index (χ2v) is 7.15. The Morgan fingerprint density at radius 3 is 2.62 bits per heavy atom. The maximum Gasteiger partial charge on any atom is 0.328 e. The van der Waals surface area contributed by atoms with Crippen LogP contribution in [0.5, 0.6) is 0 Å². The summed E-state index contributed by atoms with van der Waals surface area (Å²) in [6.07, 6.45) is 7.17. The smallest absolute Gasteiger partial charge is 0.328 e. The van der Waals surface area contributed by atoms with Crippen molar-refractivity contribution in [2.45, 2.75) is 12.5 Å². The number of nitrogens with zero attached hydrogens (tertiary/aromatic N) is 3. The number of benzene rings is 1. The third-order valence-electron chi connectivity index (χ3n) is 4.32. The Labute approximate surface area is 171 Å². The lowest BCUT2D eigenvalue weighted by Gasteiger charge is -2.17. The quantitative estimate of drug-likeness (QED) is 0.572. The SMILES string of the molecule is COC(=O)[C@H](CCSC)NC(=O)c1cnn(-c2ccccc2F)c1-n1cccc1. The molecule has 1 amide bonds. The monoisotopic (exact) mass is 416 g/mol. The van der Waals surface area contributed by atoms with Crippen molar-refractivity contribution >= 4 is 23.6 Å². The fourth-order valence-corrected chi connectivity index (χ4v) is 3.36. The minimum atomic E-state index is -0.783. The number of carbonyl (C=O) groups is 2. The zero-order valence-corrected chi connectivity index (χ0v) is 16.9. The number of carbonyl (C=O) groups excluding carboxylic acids is 2. The van der Waals surface area contributed by atoms with Gasteiger partial charge in [0, 0.05) is 12.4 Å². The minimum absolute atomic E-state index is 0.210. The van der Waals surface area contributed by atoms with Crippen molar-refractivity contribution in [2.75, 3.05) is 19.1 Å². The molecule has 9 heteroatoms. The number of amides is 1. The highest BCUT2D eigenvalue weighted by molar-refractivity contribution is 7.98. The molecule has 7 nitrogen and oxygen atoms in total. The predicted molar refractivity (Wildman–Crippen MR) is 109 cm³/mol. The molecule has 1 atom stereocenters. The van der Waals surface area contributed by atoms with Gasteiger partial charge in [-0.05, 0) is 42.7 Å². The van der Waals surface area contributed by atoms with Crippen molar-refractivity contribution in [2.24, 2.45) is 0 Å². The van der Waals surface area contributed by atoms with Gasteiger partial charge in [-0.1, -0.05) is 12.1 Å². The summed E-state index contributed by atoms with van der Waals surface area (Å²) in [5.74, 6) is -0.433. The molecule has 0 fully saturated rings. The summed E-state index contributed by atoms with van der Waals surface area (Å²) in [7, 11) is 1.28. The van der Waals surface area contributed by atoms with Crippen molar-refractivity contribution in [1.29, 1.82) is 0 Å². The lowest BCUT2D eigenvalue weighted by molar-refractivity contribution is -0.142. The van der Waals surface area contributed by atoms with Gasteiger partial charge in [0.25, 0.3) is 5.91 Å². The largest absolute Gasteiger partial charge is 0.467 e. The van der Waals surface area contributed by atoms with Crippen LogP contribution in [0, 0.1) is 5.82 Å². The molecule has 0 unspecified atom stereocenters. The van der Waals surface area contributed by atoms with Crippen molar-refractivity contribution in [1.82, 2.24) is 19.7 Å². The van der Waals surface area contributed by atoms with Crippen LogP contribution in [-0.2, 0) is 9.53 Å². The lowest BCUT2D eigenvalue weighted by Crippen LogP contribution is -2.42. The number of thioether (sulfide) groups is 1. The van der Waals surface area contributed by atoms with E-state index in [-0.39, 0.29) is 11.3 Å². The first-order valence-corrected chi connectivity index (χ1v) is 10.3. The zero-order chi connectivity index (χ0) is 20.8. The number of rotatable bonds is 8. The fourth-order valence-electron chi connectivity index (χ4n) is 2.89. The lowest BCUT2D eigenvalue weighted by atomic mass is 10.2. The maximum atomic E-state index is 14.4. The molecule has 3 rings (SSSR count). The van der Waals surface area contributed by atoms with E-state index in [9.17, 15) is 14.0 Å². The van der Waals surface area contributed by atoms with Gasteiger partial charge < -0.3 is 14.6 Å². The molecule has 3 aromatic rings. The van der Waals surface area contributed by atoms with E-state index in [4.69, 9.17) is 4.74 Å². The number of ether oxygens (including phenoxy) is 1. The maximum absolute atomic E-state index is 14.4. The number of esters is 1. The molecule has 29 heavy (non-hydrogen) atoms. The summed E-state index contributed by atoms with van der Waals surface area (Å²) in [4.78, 5) is 25.0. The Balaban J connectivity index is 2.00. The number of hydrogen-bond acceptors (Lipinski definition) is 5. The summed E-state index contributed by atoms with van der Waals surface area (Å²) >= 11 is 1.56. The number of para-hydroxylation sites is 1. The molecule has 0 spiro atoms. The van der Waals surface area contributed by atoms with Crippen molar-refractivity contribution < 1.29 is 18.7 Å². The molecule has 1 aromatic carbocycles. The van der Waals surface area contributed by atoms with Crippen LogP contribution in [0.4, 0.5) is 4.39 Å². The van der Waals surface area contributed by atoms with E-state index < -0.39 is 23.7 Å². The topological polar surface area (TPSA) is 78.2 Å². The number of hydrogen-bond donors (Lipinski definition) is 1. The molecule has 1 N–H and O–H groups in total. The predicted octanol–water partition coefficient (Wildman–Crippen LogP) is 2.83. The highest BCUT2D eigenvalue weighted by Gasteiger charge is 2.26. The van der Waals surface area contributed by atoms with Gasteiger partial charge >= 0.3 is 5.97 Å². The zero-order valence-electron chi connectivity index (χ0n) is 16.0. The molecule has 0 aliphatic rings. The summed E-state index contributed by atoms with van der Waals surface area (Å²) in [6.45, 7) is 0. The molecular formula is C20H21FN4O3S. The van der Waals surface area contributed by atoms with E-state index in [1.807, 2.05) is 6.26 Å².